The van der Waals surface area contributed by atoms with E-state index in [4.69, 9.17) is 9.62 Å². The molecule has 0 radical (unpaired) electrons. The zero-order chi connectivity index (χ0) is 11.0. The maximum absolute atomic E-state index is 11.2. The van der Waals surface area contributed by atoms with Gasteiger partial charge in [0.25, 0.3) is 4.92 Å². The minimum atomic E-state index is -1.09. The van der Waals surface area contributed by atoms with E-state index in [1.54, 1.807) is 12.1 Å². The lowest BCUT2D eigenvalue weighted by molar-refractivity contribution is -0.731. The molecule has 6 nitrogen and oxygen atoms in total. The zero-order valence-corrected chi connectivity index (χ0v) is 7.38. The Hall–Kier alpha value is -2.37. The lowest BCUT2D eigenvalue weighted by Gasteiger charge is -1.96. The minimum Gasteiger partial charge on any atom is -0.501 e. The predicted octanol–water partition coefficient (Wildman–Crippen LogP) is 1.30. The minimum absolute atomic E-state index is 0.144. The Balaban J connectivity index is 2.97. The highest BCUT2D eigenvalue weighted by Gasteiger charge is 2.28. The van der Waals surface area contributed by atoms with E-state index in [-0.39, 0.29) is 11.0 Å². The molecular formula is C9H6NO5+. The summed E-state index contributed by atoms with van der Waals surface area (Å²) in [7, 11) is 0. The van der Waals surface area contributed by atoms with E-state index in [9.17, 15) is 14.8 Å². The van der Waals surface area contributed by atoms with Gasteiger partial charge >= 0.3 is 11.3 Å². The van der Waals surface area contributed by atoms with Crippen molar-refractivity contribution in [1.82, 2.24) is 0 Å². The van der Waals surface area contributed by atoms with Crippen molar-refractivity contribution in [2.24, 2.45) is 0 Å². The molecule has 0 spiro atoms. The van der Waals surface area contributed by atoms with Gasteiger partial charge in [0.05, 0.1) is 10.3 Å². The second kappa shape index (κ2) is 3.09. The van der Waals surface area contributed by atoms with Gasteiger partial charge in [-0.25, -0.2) is 10.0 Å². The number of nitrogens with zero attached hydrogens (tertiary/aromatic N) is 1. The molecule has 2 rings (SSSR count). The van der Waals surface area contributed by atoms with Gasteiger partial charge in [-0.15, -0.1) is 0 Å². The average Bonchev–Trinajstić information content (AvgIpc) is 2.17. The van der Waals surface area contributed by atoms with E-state index in [2.05, 4.69) is 0 Å². The summed E-state index contributed by atoms with van der Waals surface area (Å²) in [4.78, 5) is 21.0. The van der Waals surface area contributed by atoms with Gasteiger partial charge in [-0.2, -0.15) is 0 Å². The van der Waals surface area contributed by atoms with Crippen LogP contribution in [-0.2, 0) is 0 Å². The highest BCUT2D eigenvalue weighted by atomic mass is 16.6. The fourth-order valence-electron chi connectivity index (χ4n) is 1.29. The van der Waals surface area contributed by atoms with Crippen LogP contribution < -0.4 is 5.63 Å². The van der Waals surface area contributed by atoms with Crippen LogP contribution in [0.15, 0.2) is 33.5 Å². The normalized spacial score (nSPS) is 10.4. The molecule has 2 N–H and O–H groups in total. The van der Waals surface area contributed by atoms with Gasteiger partial charge in [-0.1, -0.05) is 12.1 Å². The summed E-state index contributed by atoms with van der Waals surface area (Å²) in [6, 6.07) is 6.13. The standard InChI is InChI=1S/C9H5NO5/c11-8-5-3-1-2-4-6(5)15-9(12)7(8)10(13)14/h1-4H,(H-,11,12,13,14)/p+1. The summed E-state index contributed by atoms with van der Waals surface area (Å²) in [5.41, 5.74) is -1.78. The van der Waals surface area contributed by atoms with Crippen molar-refractivity contribution < 1.29 is 19.7 Å². The van der Waals surface area contributed by atoms with Crippen molar-refractivity contribution in [3.8, 4) is 5.75 Å². The van der Waals surface area contributed by atoms with Crippen LogP contribution in [0.25, 0.3) is 11.0 Å². The SMILES string of the molecule is O=c1oc2ccccc2c(O)c1[N+](=O)O. The third kappa shape index (κ3) is 1.32. The van der Waals surface area contributed by atoms with Crippen LogP contribution in [0.4, 0.5) is 5.69 Å². The fourth-order valence-corrected chi connectivity index (χ4v) is 1.29. The average molecular weight is 208 g/mol. The van der Waals surface area contributed by atoms with E-state index < -0.39 is 22.0 Å². The number of fused-ring (bicyclic) bond motifs is 1. The summed E-state index contributed by atoms with van der Waals surface area (Å²) in [6.45, 7) is 0. The largest absolute Gasteiger partial charge is 0.501 e. The Kier molecular flexibility index (Phi) is 1.89. The molecule has 0 saturated carbocycles. The van der Waals surface area contributed by atoms with Crippen molar-refractivity contribution in [3.63, 3.8) is 0 Å². The first-order valence-corrected chi connectivity index (χ1v) is 4.02. The molecule has 0 bridgehead atoms. The molecule has 0 amide bonds. The van der Waals surface area contributed by atoms with Crippen molar-refractivity contribution in [1.29, 1.82) is 0 Å². The topological polar surface area (TPSA) is 90.8 Å². The monoisotopic (exact) mass is 208 g/mol. The first-order valence-electron chi connectivity index (χ1n) is 4.02. The number of para-hydroxylation sites is 1. The van der Waals surface area contributed by atoms with Crippen LogP contribution in [0.1, 0.15) is 0 Å². The molecule has 6 heteroatoms. The molecule has 1 heterocycles. The molecule has 2 aromatic rings. The lowest BCUT2D eigenvalue weighted by Crippen LogP contribution is -2.08. The molecule has 76 valence electrons. The smallest absolute Gasteiger partial charge is 0.442 e. The molecule has 15 heavy (non-hydrogen) atoms. The zero-order valence-electron chi connectivity index (χ0n) is 7.38. The van der Waals surface area contributed by atoms with Crippen LogP contribution in [-0.4, -0.2) is 15.2 Å². The van der Waals surface area contributed by atoms with Gasteiger partial charge in [0.15, 0.2) is 0 Å². The Bertz CT molecular complexity index is 601. The number of rotatable bonds is 1. The van der Waals surface area contributed by atoms with Crippen molar-refractivity contribution in [3.05, 3.63) is 39.6 Å². The van der Waals surface area contributed by atoms with E-state index in [0.717, 1.165) is 0 Å². The van der Waals surface area contributed by atoms with Crippen LogP contribution in [0.2, 0.25) is 0 Å². The summed E-state index contributed by atoms with van der Waals surface area (Å²) in [6.07, 6.45) is 0. The van der Waals surface area contributed by atoms with Gasteiger partial charge in [0.2, 0.25) is 5.75 Å². The second-order valence-corrected chi connectivity index (χ2v) is 2.86. The molecule has 0 atom stereocenters. The molecule has 0 aliphatic rings. The maximum atomic E-state index is 11.2. The van der Waals surface area contributed by atoms with Crippen LogP contribution in [0.3, 0.4) is 0 Å². The third-order valence-electron chi connectivity index (χ3n) is 1.95. The Morgan fingerprint density at radius 2 is 1.93 bits per heavy atom. The van der Waals surface area contributed by atoms with Gasteiger partial charge in [-0.3, -0.25) is 0 Å². The molecule has 1 aromatic carbocycles. The Morgan fingerprint density at radius 3 is 2.60 bits per heavy atom. The van der Waals surface area contributed by atoms with Crippen molar-refractivity contribution >= 4 is 16.7 Å². The number of hydrogen-bond donors (Lipinski definition) is 2. The maximum Gasteiger partial charge on any atom is 0.442 e. The Morgan fingerprint density at radius 1 is 1.27 bits per heavy atom. The summed E-state index contributed by atoms with van der Waals surface area (Å²) < 4.78 is 4.72. The molecule has 0 fully saturated rings. The Labute approximate surface area is 82.5 Å². The fraction of sp³-hybridized carbons (Fsp3) is 0. The molecule has 0 saturated heterocycles. The second-order valence-electron chi connectivity index (χ2n) is 2.86. The number of hydrogen-bond acceptors (Lipinski definition) is 4. The first-order chi connectivity index (χ1) is 7.11. The van der Waals surface area contributed by atoms with Crippen molar-refractivity contribution in [2.45, 2.75) is 0 Å². The molecule has 1 aromatic heterocycles. The molecule has 0 aliphatic heterocycles. The summed E-state index contributed by atoms with van der Waals surface area (Å²) >= 11 is 0. The van der Waals surface area contributed by atoms with Crippen LogP contribution in [0, 0.1) is 4.91 Å². The van der Waals surface area contributed by atoms with Crippen molar-refractivity contribution in [2.75, 3.05) is 0 Å². The van der Waals surface area contributed by atoms with Gasteiger partial charge in [0, 0.05) is 0 Å². The third-order valence-corrected chi connectivity index (χ3v) is 1.95. The molecule has 0 aliphatic carbocycles. The lowest BCUT2D eigenvalue weighted by atomic mass is 10.2. The van der Waals surface area contributed by atoms with Gasteiger partial charge < -0.3 is 9.52 Å². The highest BCUT2D eigenvalue weighted by Crippen LogP contribution is 2.29. The highest BCUT2D eigenvalue weighted by molar-refractivity contribution is 5.86. The van der Waals surface area contributed by atoms with E-state index in [1.165, 1.54) is 12.1 Å². The van der Waals surface area contributed by atoms with Crippen LogP contribution in [0.5, 0.6) is 5.75 Å². The first kappa shape index (κ1) is 9.20. The van der Waals surface area contributed by atoms with Crippen LogP contribution >= 0.6 is 0 Å². The van der Waals surface area contributed by atoms with E-state index in [0.29, 0.717) is 0 Å². The van der Waals surface area contributed by atoms with E-state index >= 15 is 0 Å². The number of aromatic hydroxyl groups is 1. The molecule has 0 unspecified atom stereocenters. The number of benzene rings is 1. The summed E-state index contributed by atoms with van der Waals surface area (Å²) in [5, 5.41) is 18.3. The van der Waals surface area contributed by atoms with E-state index in [1.807, 2.05) is 0 Å². The summed E-state index contributed by atoms with van der Waals surface area (Å²) in [5.74, 6) is -0.598. The van der Waals surface area contributed by atoms with Gasteiger partial charge in [-0.05, 0) is 12.1 Å². The molecular weight excluding hydrogens is 202 g/mol. The van der Waals surface area contributed by atoms with Gasteiger partial charge in [0.1, 0.15) is 5.58 Å². The predicted molar refractivity (Wildman–Crippen MR) is 49.2 cm³/mol. The quantitative estimate of drug-likeness (QED) is 0.544.